The number of hydrogen-bond acceptors (Lipinski definition) is 1. The van der Waals surface area contributed by atoms with E-state index in [0.717, 1.165) is 0 Å². The van der Waals surface area contributed by atoms with E-state index in [9.17, 15) is 0 Å². The Morgan fingerprint density at radius 1 is 1.50 bits per heavy atom. The molecule has 0 aromatic rings. The third kappa shape index (κ3) is 49.4. The van der Waals surface area contributed by atoms with Crippen LogP contribution in [0.3, 0.4) is 0 Å². The first-order chi connectivity index (χ1) is 1.73. The number of rotatable bonds is 0. The Balaban J connectivity index is -0.00000000750. The summed E-state index contributed by atoms with van der Waals surface area (Å²) in [5.74, 6) is 0. The Kier molecular flexibility index (Phi) is 25.3. The molecule has 0 aromatic carbocycles. The minimum absolute atomic E-state index is 0. The van der Waals surface area contributed by atoms with Crippen LogP contribution in [0.5, 0.6) is 0 Å². The van der Waals surface area contributed by atoms with Crippen molar-refractivity contribution < 1.29 is 38.3 Å². The van der Waals surface area contributed by atoms with E-state index in [4.69, 9.17) is 15.0 Å². The minimum atomic E-state index is -1.83. The van der Waals surface area contributed by atoms with Crippen LogP contribution in [0.2, 0.25) is 0 Å². The van der Waals surface area contributed by atoms with Gasteiger partial charge in [-0.15, -0.1) is 0 Å². The van der Waals surface area contributed by atoms with Crippen molar-refractivity contribution in [1.29, 1.82) is 0 Å². The van der Waals surface area contributed by atoms with Gasteiger partial charge in [-0.3, -0.25) is 0 Å². The molecule has 2 N–H and O–H groups in total. The largest absolute Gasteiger partial charge is 2.00 e. The summed E-state index contributed by atoms with van der Waals surface area (Å²) >= 11 is 0. The van der Waals surface area contributed by atoms with Crippen LogP contribution in [0.4, 0.5) is 4.79 Å². The molecule has 0 saturated heterocycles. The summed E-state index contributed by atoms with van der Waals surface area (Å²) in [7, 11) is 0. The Labute approximate surface area is 91.8 Å². The number of carbonyl (C=O) groups is 1. The van der Waals surface area contributed by atoms with E-state index >= 15 is 0 Å². The first kappa shape index (κ1) is 15.6. The maximum Gasteiger partial charge on any atom is 2.00 e. The normalized spacial score (nSPS) is 4.00. The van der Waals surface area contributed by atoms with Crippen LogP contribution in [0, 0.1) is 0 Å². The van der Waals surface area contributed by atoms with E-state index in [-0.39, 0.29) is 72.2 Å². The van der Waals surface area contributed by atoms with Crippen molar-refractivity contribution in [1.82, 2.24) is 0 Å². The summed E-state index contributed by atoms with van der Waals surface area (Å²) < 4.78 is 0. The van der Waals surface area contributed by atoms with Gasteiger partial charge < -0.3 is 13.1 Å². The molecule has 5 heteroatoms. The quantitative estimate of drug-likeness (QED) is 0.623. The third-order valence-electron chi connectivity index (χ3n) is 0. The predicted octanol–water partition coefficient (Wildman–Crippen LogP) is 0.0641. The summed E-state index contributed by atoms with van der Waals surface area (Å²) in [5.41, 5.74) is 0. The molecule has 0 saturated carbocycles. The third-order valence-corrected chi connectivity index (χ3v) is 0. The molecule has 0 aliphatic heterocycles. The second kappa shape index (κ2) is 9.71. The van der Waals surface area contributed by atoms with Crippen LogP contribution in [-0.4, -0.2) is 65.2 Å². The summed E-state index contributed by atoms with van der Waals surface area (Å²) in [5, 5.41) is 13.9. The van der Waals surface area contributed by atoms with Gasteiger partial charge in [-0.2, -0.15) is 0 Å². The fourth-order valence-corrected chi connectivity index (χ4v) is 0. The van der Waals surface area contributed by atoms with Gasteiger partial charge in [-0.25, -0.2) is 4.79 Å². The zero-order chi connectivity index (χ0) is 3.58. The van der Waals surface area contributed by atoms with Crippen molar-refractivity contribution in [2.24, 2.45) is 0 Å². The topological polar surface area (TPSA) is 57.5 Å². The fraction of sp³-hybridized carbons (Fsp3) is 0. The van der Waals surface area contributed by atoms with Crippen molar-refractivity contribution in [2.75, 3.05) is 0 Å². The van der Waals surface area contributed by atoms with E-state index in [1.807, 2.05) is 0 Å². The van der Waals surface area contributed by atoms with Crippen LogP contribution in [0.15, 0.2) is 0 Å². The number of carboxylic acid groups (broad SMARTS) is 2. The Hall–Kier alpha value is 1.50. The molecule has 0 unspecified atom stereocenters. The summed E-state index contributed by atoms with van der Waals surface area (Å²) in [6, 6.07) is 0. The van der Waals surface area contributed by atoms with Gasteiger partial charge in [0.25, 0.3) is 0 Å². The second-order valence-electron chi connectivity index (χ2n) is 0.283. The summed E-state index contributed by atoms with van der Waals surface area (Å²) in [6.07, 6.45) is -1.83. The SMILES string of the molecule is O=C(O)O.[Ba+2].[H-].[H-].[Pd]. The van der Waals surface area contributed by atoms with Gasteiger partial charge in [-0.1, -0.05) is 0 Å². The molecule has 0 heterocycles. The molecule has 0 amide bonds. The van der Waals surface area contributed by atoms with Crippen LogP contribution in [-0.2, 0) is 20.4 Å². The Morgan fingerprint density at radius 2 is 1.50 bits per heavy atom. The smallest absolute Gasteiger partial charge is 1.00 e. The standard InChI is InChI=1S/CH2O3.Ba.Pd.2H/c2-1(3)4;;;;/h(H2,2,3,4);;;;/q;+2;;2*-1. The van der Waals surface area contributed by atoms with E-state index in [1.165, 1.54) is 0 Å². The molecular weight excluding hydrogens is 304 g/mol. The molecule has 0 aliphatic rings. The molecule has 38 valence electrons. The summed E-state index contributed by atoms with van der Waals surface area (Å²) in [4.78, 5) is 8.56. The second-order valence-corrected chi connectivity index (χ2v) is 0.283. The molecule has 0 bridgehead atoms. The van der Waals surface area contributed by atoms with Crippen LogP contribution in [0.25, 0.3) is 0 Å². The maximum absolute atomic E-state index is 8.56. The van der Waals surface area contributed by atoms with Gasteiger partial charge in [0.05, 0.1) is 0 Å². The first-order valence-electron chi connectivity index (χ1n) is 0.651. The fourth-order valence-electron chi connectivity index (χ4n) is 0. The first-order valence-corrected chi connectivity index (χ1v) is 0.651. The van der Waals surface area contributed by atoms with E-state index in [0.29, 0.717) is 0 Å². The average Bonchev–Trinajstić information content (AvgIpc) is 0.811. The zero-order valence-corrected chi connectivity index (χ0v) is 8.82. The Morgan fingerprint density at radius 3 is 1.50 bits per heavy atom. The van der Waals surface area contributed by atoms with E-state index < -0.39 is 6.16 Å². The van der Waals surface area contributed by atoms with E-state index in [2.05, 4.69) is 0 Å². The van der Waals surface area contributed by atoms with Crippen molar-refractivity contribution >= 4 is 55.0 Å². The van der Waals surface area contributed by atoms with Gasteiger partial charge in [0.1, 0.15) is 0 Å². The molecule has 0 rings (SSSR count). The van der Waals surface area contributed by atoms with Crippen LogP contribution >= 0.6 is 0 Å². The molecule has 0 atom stereocenters. The molecular formula is CH4BaO3Pd. The van der Waals surface area contributed by atoms with Crippen LogP contribution in [0.1, 0.15) is 2.85 Å². The van der Waals surface area contributed by atoms with Crippen molar-refractivity contribution in [3.05, 3.63) is 0 Å². The molecule has 0 spiro atoms. The monoisotopic (exact) mass is 308 g/mol. The predicted molar refractivity (Wildman–Crippen MR) is 18.6 cm³/mol. The van der Waals surface area contributed by atoms with E-state index in [1.54, 1.807) is 0 Å². The Bertz CT molecular complexity index is 40.3. The van der Waals surface area contributed by atoms with Crippen molar-refractivity contribution in [2.45, 2.75) is 0 Å². The van der Waals surface area contributed by atoms with Gasteiger partial charge in [0.2, 0.25) is 0 Å². The molecule has 0 radical (unpaired) electrons. The van der Waals surface area contributed by atoms with Crippen LogP contribution < -0.4 is 0 Å². The summed E-state index contributed by atoms with van der Waals surface area (Å²) in [6.45, 7) is 0. The molecule has 3 nitrogen and oxygen atoms in total. The average molecular weight is 308 g/mol. The van der Waals surface area contributed by atoms with Gasteiger partial charge in [0, 0.05) is 20.4 Å². The van der Waals surface area contributed by atoms with Gasteiger partial charge in [0.15, 0.2) is 0 Å². The number of hydrogen-bond donors (Lipinski definition) is 2. The van der Waals surface area contributed by atoms with Crippen molar-refractivity contribution in [3.8, 4) is 0 Å². The minimum Gasteiger partial charge on any atom is -1.00 e. The molecule has 0 aromatic heterocycles. The molecule has 0 fully saturated rings. The zero-order valence-electron chi connectivity index (χ0n) is 4.83. The van der Waals surface area contributed by atoms with Gasteiger partial charge >= 0.3 is 55.0 Å². The maximum atomic E-state index is 8.56. The van der Waals surface area contributed by atoms with Crippen molar-refractivity contribution in [3.63, 3.8) is 0 Å². The molecule has 0 aliphatic carbocycles. The van der Waals surface area contributed by atoms with Gasteiger partial charge in [-0.05, 0) is 0 Å². The molecule has 6 heavy (non-hydrogen) atoms.